The fourth-order valence-corrected chi connectivity index (χ4v) is 4.04. The molecule has 2 N–H and O–H groups in total. The van der Waals surface area contributed by atoms with Crippen LogP contribution in [0.25, 0.3) is 0 Å². The average molecular weight is 471 g/mol. The van der Waals surface area contributed by atoms with Crippen LogP contribution >= 0.6 is 11.8 Å². The van der Waals surface area contributed by atoms with Gasteiger partial charge < -0.3 is 24.8 Å². The fourth-order valence-electron chi connectivity index (χ4n) is 3.11. The van der Waals surface area contributed by atoms with E-state index in [-0.39, 0.29) is 23.4 Å². The number of nitrogens with one attached hydrogen (secondary N) is 2. The highest BCUT2D eigenvalue weighted by Gasteiger charge is 2.30. The molecule has 0 radical (unpaired) electrons. The first-order valence-corrected chi connectivity index (χ1v) is 11.0. The molecule has 10 heteroatoms. The van der Waals surface area contributed by atoms with Crippen molar-refractivity contribution in [2.24, 2.45) is 10.2 Å². The van der Waals surface area contributed by atoms with Crippen LogP contribution in [0.2, 0.25) is 0 Å². The number of nitrogens with zero attached hydrogens (tertiary/aromatic N) is 2. The number of aryl methyl sites for hydroxylation is 2. The molecule has 0 spiro atoms. The van der Waals surface area contributed by atoms with Crippen LogP contribution in [0.3, 0.4) is 0 Å². The molecule has 1 atom stereocenters. The molecular weight excluding hydrogens is 444 g/mol. The van der Waals surface area contributed by atoms with E-state index in [4.69, 9.17) is 14.2 Å². The summed E-state index contributed by atoms with van der Waals surface area (Å²) in [4.78, 5) is 24.8. The molecule has 0 saturated carbocycles. The zero-order chi connectivity index (χ0) is 24.0. The summed E-state index contributed by atoms with van der Waals surface area (Å²) >= 11 is 1.15. The van der Waals surface area contributed by atoms with E-state index in [1.165, 1.54) is 27.5 Å². The van der Waals surface area contributed by atoms with Crippen LogP contribution < -0.4 is 24.8 Å². The number of amides is 2. The molecule has 1 saturated heterocycles. The van der Waals surface area contributed by atoms with Gasteiger partial charge in [0.1, 0.15) is 5.25 Å². The SMILES string of the molecule is COc1cc(/C=N/N=C2/NC(=O)CC(C(=O)Nc3ccc(C)c(C)c3)S2)cc(OC)c1OC. The Bertz CT molecular complexity index is 1090. The van der Waals surface area contributed by atoms with Crippen LogP contribution in [-0.4, -0.2) is 49.8 Å². The maximum absolute atomic E-state index is 12.7. The number of amidine groups is 1. The number of hydrogen-bond donors (Lipinski definition) is 2. The average Bonchev–Trinajstić information content (AvgIpc) is 2.80. The Morgan fingerprint density at radius 2 is 1.79 bits per heavy atom. The summed E-state index contributed by atoms with van der Waals surface area (Å²) in [6.07, 6.45) is 1.54. The molecule has 2 aromatic rings. The van der Waals surface area contributed by atoms with E-state index in [1.54, 1.807) is 12.1 Å². The molecular formula is C23H26N4O5S. The Balaban J connectivity index is 1.72. The molecule has 1 unspecified atom stereocenters. The van der Waals surface area contributed by atoms with Crippen molar-refractivity contribution in [1.82, 2.24) is 5.32 Å². The number of carbonyl (C=O) groups is 2. The van der Waals surface area contributed by atoms with E-state index < -0.39 is 5.25 Å². The van der Waals surface area contributed by atoms with E-state index in [0.717, 1.165) is 22.9 Å². The number of ether oxygens (including phenoxy) is 3. The van der Waals surface area contributed by atoms with Crippen molar-refractivity contribution < 1.29 is 23.8 Å². The standard InChI is InChI=1S/C23H26N4O5S/c1-13-6-7-16(8-14(13)2)25-22(29)19-11-20(28)26-23(33-19)27-24-12-15-9-17(30-3)21(32-5)18(10-15)31-4/h6-10,12,19H,11H2,1-5H3,(H,25,29)(H,26,27,28)/b24-12+. The second kappa shape index (κ2) is 10.9. The van der Waals surface area contributed by atoms with Crippen LogP contribution in [-0.2, 0) is 9.59 Å². The van der Waals surface area contributed by atoms with Crippen LogP contribution in [0.1, 0.15) is 23.1 Å². The van der Waals surface area contributed by atoms with E-state index in [0.29, 0.717) is 28.5 Å². The van der Waals surface area contributed by atoms with Gasteiger partial charge in [0, 0.05) is 17.7 Å². The smallest absolute Gasteiger partial charge is 0.238 e. The highest BCUT2D eigenvalue weighted by molar-refractivity contribution is 8.15. The molecule has 3 rings (SSSR count). The van der Waals surface area contributed by atoms with Gasteiger partial charge in [0.25, 0.3) is 0 Å². The molecule has 1 aliphatic rings. The molecule has 9 nitrogen and oxygen atoms in total. The normalized spacial score (nSPS) is 17.1. The molecule has 2 amide bonds. The van der Waals surface area contributed by atoms with Crippen molar-refractivity contribution in [3.8, 4) is 17.2 Å². The van der Waals surface area contributed by atoms with Gasteiger partial charge in [0.15, 0.2) is 16.7 Å². The second-order valence-electron chi connectivity index (χ2n) is 7.26. The van der Waals surface area contributed by atoms with Gasteiger partial charge in [-0.25, -0.2) is 0 Å². The summed E-state index contributed by atoms with van der Waals surface area (Å²) in [5, 5.41) is 13.3. The number of carbonyl (C=O) groups excluding carboxylic acids is 2. The summed E-state index contributed by atoms with van der Waals surface area (Å²) in [5.41, 5.74) is 3.56. The number of anilines is 1. The Morgan fingerprint density at radius 1 is 1.09 bits per heavy atom. The molecule has 1 heterocycles. The minimum atomic E-state index is -0.615. The number of rotatable bonds is 7. The van der Waals surface area contributed by atoms with Crippen molar-refractivity contribution in [2.75, 3.05) is 26.6 Å². The van der Waals surface area contributed by atoms with Crippen LogP contribution in [0.5, 0.6) is 17.2 Å². The number of hydrogen-bond acceptors (Lipinski definition) is 8. The van der Waals surface area contributed by atoms with Gasteiger partial charge in [-0.05, 0) is 49.2 Å². The summed E-state index contributed by atoms with van der Waals surface area (Å²) in [5.74, 6) is 0.870. The highest BCUT2D eigenvalue weighted by Crippen LogP contribution is 2.37. The molecule has 1 fully saturated rings. The van der Waals surface area contributed by atoms with Gasteiger partial charge >= 0.3 is 0 Å². The lowest BCUT2D eigenvalue weighted by Crippen LogP contribution is -2.41. The third-order valence-corrected chi connectivity index (χ3v) is 6.05. The van der Waals surface area contributed by atoms with Crippen LogP contribution in [0, 0.1) is 13.8 Å². The molecule has 33 heavy (non-hydrogen) atoms. The second-order valence-corrected chi connectivity index (χ2v) is 8.45. The zero-order valence-corrected chi connectivity index (χ0v) is 19.9. The van der Waals surface area contributed by atoms with Gasteiger partial charge in [-0.15, -0.1) is 5.10 Å². The minimum Gasteiger partial charge on any atom is -0.493 e. The fraction of sp³-hybridized carbons (Fsp3) is 0.304. The monoisotopic (exact) mass is 470 g/mol. The van der Waals surface area contributed by atoms with Gasteiger partial charge in [-0.2, -0.15) is 5.10 Å². The lowest BCUT2D eigenvalue weighted by molar-refractivity contribution is -0.123. The van der Waals surface area contributed by atoms with Crippen LogP contribution in [0.4, 0.5) is 5.69 Å². The summed E-state index contributed by atoms with van der Waals surface area (Å²) in [6, 6.07) is 9.12. The highest BCUT2D eigenvalue weighted by atomic mass is 32.2. The minimum absolute atomic E-state index is 0.0525. The first-order chi connectivity index (χ1) is 15.8. The number of thioether (sulfide) groups is 1. The van der Waals surface area contributed by atoms with Crippen molar-refractivity contribution in [2.45, 2.75) is 25.5 Å². The third-order valence-electron chi connectivity index (χ3n) is 4.98. The molecule has 0 bridgehead atoms. The van der Waals surface area contributed by atoms with Crippen LogP contribution in [0.15, 0.2) is 40.5 Å². The Labute approximate surface area is 196 Å². The van der Waals surface area contributed by atoms with Gasteiger partial charge in [0.05, 0.1) is 27.5 Å². The van der Waals surface area contributed by atoms with E-state index >= 15 is 0 Å². The third kappa shape index (κ3) is 6.04. The summed E-state index contributed by atoms with van der Waals surface area (Å²) < 4.78 is 16.0. The largest absolute Gasteiger partial charge is 0.493 e. The Hall–Kier alpha value is -3.53. The zero-order valence-electron chi connectivity index (χ0n) is 19.1. The first kappa shape index (κ1) is 24.1. The van der Waals surface area contributed by atoms with Gasteiger partial charge in [-0.1, -0.05) is 17.8 Å². The molecule has 1 aliphatic heterocycles. The molecule has 174 valence electrons. The molecule has 0 aliphatic carbocycles. The lowest BCUT2D eigenvalue weighted by atomic mass is 10.1. The van der Waals surface area contributed by atoms with Gasteiger partial charge in [0.2, 0.25) is 17.6 Å². The molecule has 0 aromatic heterocycles. The predicted octanol–water partition coefficient (Wildman–Crippen LogP) is 3.28. The van der Waals surface area contributed by atoms with Crippen molar-refractivity contribution in [1.29, 1.82) is 0 Å². The van der Waals surface area contributed by atoms with Gasteiger partial charge in [-0.3, -0.25) is 9.59 Å². The first-order valence-electron chi connectivity index (χ1n) is 10.1. The molecule has 2 aromatic carbocycles. The van der Waals surface area contributed by atoms with E-state index in [1.807, 2.05) is 32.0 Å². The number of methoxy groups -OCH3 is 3. The van der Waals surface area contributed by atoms with Crippen molar-refractivity contribution in [3.63, 3.8) is 0 Å². The maximum atomic E-state index is 12.7. The Kier molecular flexibility index (Phi) is 7.94. The van der Waals surface area contributed by atoms with Crippen molar-refractivity contribution in [3.05, 3.63) is 47.0 Å². The maximum Gasteiger partial charge on any atom is 0.238 e. The van der Waals surface area contributed by atoms with Crippen molar-refractivity contribution >= 4 is 40.6 Å². The predicted molar refractivity (Wildman–Crippen MR) is 130 cm³/mol. The lowest BCUT2D eigenvalue weighted by Gasteiger charge is -2.21. The topological polar surface area (TPSA) is 111 Å². The van der Waals surface area contributed by atoms with E-state index in [2.05, 4.69) is 20.8 Å². The quantitative estimate of drug-likeness (QED) is 0.475. The van der Waals surface area contributed by atoms with E-state index in [9.17, 15) is 9.59 Å². The summed E-state index contributed by atoms with van der Waals surface area (Å²) in [7, 11) is 4.57. The Morgan fingerprint density at radius 3 is 2.39 bits per heavy atom. The summed E-state index contributed by atoms with van der Waals surface area (Å²) in [6.45, 7) is 3.98. The number of benzene rings is 2.